The highest BCUT2D eigenvalue weighted by Crippen LogP contribution is 2.30. The lowest BCUT2D eigenvalue weighted by Gasteiger charge is -2.20. The second-order valence-corrected chi connectivity index (χ2v) is 7.60. The van der Waals surface area contributed by atoms with Crippen LogP contribution in [0.4, 0.5) is 5.82 Å². The van der Waals surface area contributed by atoms with E-state index in [9.17, 15) is 4.79 Å². The van der Waals surface area contributed by atoms with Gasteiger partial charge in [0, 0.05) is 53.1 Å². The number of nitrogens with zero attached hydrogens (tertiary/aromatic N) is 1. The quantitative estimate of drug-likeness (QED) is 0.659. The third-order valence-electron chi connectivity index (χ3n) is 5.86. The van der Waals surface area contributed by atoms with Crippen LogP contribution in [0.25, 0.3) is 10.9 Å². The summed E-state index contributed by atoms with van der Waals surface area (Å²) >= 11 is 0. The van der Waals surface area contributed by atoms with Crippen molar-refractivity contribution in [1.29, 1.82) is 0 Å². The molecule has 0 atom stereocenters. The van der Waals surface area contributed by atoms with E-state index in [0.29, 0.717) is 17.3 Å². The standard InChI is InChI=1S/C21H24N4O2/c26-21(23-20-12-19(24-25-20)13-7-9-27-10-8-13)14-5-6-18-16(11-14)15-3-1-2-4-17(15)22-18/h5-6,11-13,22H,1-4,7-10H2,(H2,23,24,25,26). The van der Waals surface area contributed by atoms with Crippen LogP contribution >= 0.6 is 0 Å². The number of H-pyrrole nitrogens is 2. The van der Waals surface area contributed by atoms with Gasteiger partial charge in [-0.15, -0.1) is 0 Å². The van der Waals surface area contributed by atoms with E-state index in [1.165, 1.54) is 29.5 Å². The monoisotopic (exact) mass is 364 g/mol. The van der Waals surface area contributed by atoms with Crippen LogP contribution in [0.15, 0.2) is 24.3 Å². The Morgan fingerprint density at radius 2 is 2.00 bits per heavy atom. The number of carbonyl (C=O) groups is 1. The number of hydrogen-bond donors (Lipinski definition) is 3. The fourth-order valence-corrected chi connectivity index (χ4v) is 4.35. The van der Waals surface area contributed by atoms with Gasteiger partial charge in [-0.1, -0.05) is 0 Å². The maximum Gasteiger partial charge on any atom is 0.256 e. The molecule has 2 aliphatic rings. The molecule has 1 amide bonds. The Bertz CT molecular complexity index is 981. The first kappa shape index (κ1) is 16.6. The molecule has 0 spiro atoms. The minimum atomic E-state index is -0.118. The Morgan fingerprint density at radius 1 is 1.15 bits per heavy atom. The number of benzene rings is 1. The SMILES string of the molecule is O=C(Nc1cc(C2CCOCC2)[nH]n1)c1ccc2[nH]c3c(c2c1)CCCC3. The maximum absolute atomic E-state index is 12.7. The fraction of sp³-hybridized carbons (Fsp3) is 0.429. The highest BCUT2D eigenvalue weighted by atomic mass is 16.5. The maximum atomic E-state index is 12.7. The summed E-state index contributed by atoms with van der Waals surface area (Å²) in [7, 11) is 0. The molecule has 1 aliphatic heterocycles. The van der Waals surface area contributed by atoms with Gasteiger partial charge < -0.3 is 15.0 Å². The summed E-state index contributed by atoms with van der Waals surface area (Å²) in [4.78, 5) is 16.3. The molecular formula is C21H24N4O2. The molecular weight excluding hydrogens is 340 g/mol. The predicted molar refractivity (Wildman–Crippen MR) is 104 cm³/mol. The van der Waals surface area contributed by atoms with Gasteiger partial charge in [0.1, 0.15) is 0 Å². The van der Waals surface area contributed by atoms with Gasteiger partial charge in [0.05, 0.1) is 0 Å². The van der Waals surface area contributed by atoms with Crippen LogP contribution in [-0.2, 0) is 17.6 Å². The Hall–Kier alpha value is -2.60. The summed E-state index contributed by atoms with van der Waals surface area (Å²) in [5.74, 6) is 0.894. The zero-order valence-electron chi connectivity index (χ0n) is 15.3. The van der Waals surface area contributed by atoms with Crippen molar-refractivity contribution in [2.75, 3.05) is 18.5 Å². The number of nitrogens with one attached hydrogen (secondary N) is 3. The van der Waals surface area contributed by atoms with Crippen molar-refractivity contribution >= 4 is 22.6 Å². The first-order chi connectivity index (χ1) is 13.3. The van der Waals surface area contributed by atoms with E-state index in [0.717, 1.165) is 50.1 Å². The van der Waals surface area contributed by atoms with E-state index in [2.05, 4.69) is 20.5 Å². The molecule has 1 saturated heterocycles. The predicted octanol–water partition coefficient (Wildman–Crippen LogP) is 3.92. The molecule has 3 heterocycles. The van der Waals surface area contributed by atoms with E-state index in [4.69, 9.17) is 4.74 Å². The first-order valence-corrected chi connectivity index (χ1v) is 9.86. The molecule has 0 saturated carbocycles. The van der Waals surface area contributed by atoms with Gasteiger partial charge >= 0.3 is 0 Å². The third kappa shape index (κ3) is 3.14. The van der Waals surface area contributed by atoms with Gasteiger partial charge in [0.25, 0.3) is 5.91 Å². The van der Waals surface area contributed by atoms with E-state index < -0.39 is 0 Å². The molecule has 6 nitrogen and oxygen atoms in total. The molecule has 1 fully saturated rings. The van der Waals surface area contributed by atoms with Gasteiger partial charge in [-0.2, -0.15) is 5.10 Å². The second kappa shape index (κ2) is 6.85. The molecule has 0 bridgehead atoms. The number of aromatic amines is 2. The number of rotatable bonds is 3. The molecule has 27 heavy (non-hydrogen) atoms. The lowest BCUT2D eigenvalue weighted by Crippen LogP contribution is -2.14. The largest absolute Gasteiger partial charge is 0.381 e. The van der Waals surface area contributed by atoms with E-state index in [1.54, 1.807) is 0 Å². The summed E-state index contributed by atoms with van der Waals surface area (Å²) in [5, 5.41) is 11.5. The second-order valence-electron chi connectivity index (χ2n) is 7.60. The number of fused-ring (bicyclic) bond motifs is 3. The molecule has 2 aromatic heterocycles. The summed E-state index contributed by atoms with van der Waals surface area (Å²) in [6.07, 6.45) is 6.64. The number of hydrogen-bond acceptors (Lipinski definition) is 3. The molecule has 140 valence electrons. The molecule has 0 unspecified atom stereocenters. The molecule has 0 radical (unpaired) electrons. The normalized spacial score (nSPS) is 17.8. The Labute approximate surface area is 157 Å². The molecule has 6 heteroatoms. The third-order valence-corrected chi connectivity index (χ3v) is 5.86. The molecule has 1 aliphatic carbocycles. The van der Waals surface area contributed by atoms with Crippen molar-refractivity contribution in [3.8, 4) is 0 Å². The minimum Gasteiger partial charge on any atom is -0.381 e. The van der Waals surface area contributed by atoms with Crippen LogP contribution in [0.3, 0.4) is 0 Å². The van der Waals surface area contributed by atoms with E-state index >= 15 is 0 Å². The molecule has 5 rings (SSSR count). The van der Waals surface area contributed by atoms with Gasteiger partial charge in [-0.25, -0.2) is 0 Å². The zero-order chi connectivity index (χ0) is 18.2. The Morgan fingerprint density at radius 3 is 2.89 bits per heavy atom. The van der Waals surface area contributed by atoms with Crippen LogP contribution in [0.2, 0.25) is 0 Å². The van der Waals surface area contributed by atoms with Crippen molar-refractivity contribution in [3.63, 3.8) is 0 Å². The topological polar surface area (TPSA) is 82.8 Å². The summed E-state index contributed by atoms with van der Waals surface area (Å²) in [6.45, 7) is 1.57. The average molecular weight is 364 g/mol. The molecule has 1 aromatic carbocycles. The number of anilines is 1. The van der Waals surface area contributed by atoms with E-state index in [-0.39, 0.29) is 5.91 Å². The van der Waals surface area contributed by atoms with Crippen molar-refractivity contribution < 1.29 is 9.53 Å². The van der Waals surface area contributed by atoms with Crippen LogP contribution in [-0.4, -0.2) is 34.3 Å². The average Bonchev–Trinajstić information content (AvgIpc) is 3.32. The van der Waals surface area contributed by atoms with Crippen LogP contribution in [0, 0.1) is 0 Å². The van der Waals surface area contributed by atoms with Gasteiger partial charge in [-0.3, -0.25) is 9.89 Å². The van der Waals surface area contributed by atoms with Crippen molar-refractivity contribution in [1.82, 2.24) is 15.2 Å². The van der Waals surface area contributed by atoms with Crippen LogP contribution < -0.4 is 5.32 Å². The fourth-order valence-electron chi connectivity index (χ4n) is 4.35. The highest BCUT2D eigenvalue weighted by Gasteiger charge is 2.20. The van der Waals surface area contributed by atoms with Gasteiger partial charge in [-0.05, 0) is 62.3 Å². The smallest absolute Gasteiger partial charge is 0.256 e. The summed E-state index contributed by atoms with van der Waals surface area (Å²) in [6, 6.07) is 7.86. The van der Waals surface area contributed by atoms with Crippen molar-refractivity contribution in [2.45, 2.75) is 44.4 Å². The van der Waals surface area contributed by atoms with E-state index in [1.807, 2.05) is 24.3 Å². The number of ether oxygens (including phenoxy) is 1. The van der Waals surface area contributed by atoms with Crippen molar-refractivity contribution in [2.24, 2.45) is 0 Å². The van der Waals surface area contributed by atoms with Crippen LogP contribution in [0.1, 0.15) is 58.9 Å². The first-order valence-electron chi connectivity index (χ1n) is 9.86. The van der Waals surface area contributed by atoms with Gasteiger partial charge in [0.2, 0.25) is 0 Å². The number of aromatic nitrogens is 3. The Kier molecular flexibility index (Phi) is 4.20. The lowest BCUT2D eigenvalue weighted by atomic mass is 9.95. The number of aryl methyl sites for hydroxylation is 2. The highest BCUT2D eigenvalue weighted by molar-refractivity contribution is 6.06. The van der Waals surface area contributed by atoms with Crippen LogP contribution in [0.5, 0.6) is 0 Å². The summed E-state index contributed by atoms with van der Waals surface area (Å²) < 4.78 is 5.41. The number of carbonyl (C=O) groups excluding carboxylic acids is 1. The zero-order valence-corrected chi connectivity index (χ0v) is 15.3. The van der Waals surface area contributed by atoms with Gasteiger partial charge in [0.15, 0.2) is 5.82 Å². The molecule has 3 aromatic rings. The Balaban J connectivity index is 1.35. The summed E-state index contributed by atoms with van der Waals surface area (Å²) in [5.41, 5.74) is 5.59. The minimum absolute atomic E-state index is 0.118. The number of amides is 1. The van der Waals surface area contributed by atoms with Crippen molar-refractivity contribution in [3.05, 3.63) is 46.8 Å². The lowest BCUT2D eigenvalue weighted by molar-refractivity contribution is 0.0845. The molecule has 3 N–H and O–H groups in total.